The molecule has 0 N–H and O–H groups in total. The van der Waals surface area contributed by atoms with Crippen molar-refractivity contribution in [3.63, 3.8) is 0 Å². The largest absolute Gasteiger partial charge is 0.299 e. The maximum Gasteiger partial charge on any atom is 0.143 e. The van der Waals surface area contributed by atoms with E-state index < -0.39 is 0 Å². The summed E-state index contributed by atoms with van der Waals surface area (Å²) in [5, 5.41) is 7.59. The number of ketones is 1. The van der Waals surface area contributed by atoms with Crippen LogP contribution in [0, 0.1) is 3.57 Å². The van der Waals surface area contributed by atoms with Crippen LogP contribution < -0.4 is 0 Å². The van der Waals surface area contributed by atoms with Gasteiger partial charge < -0.3 is 0 Å². The van der Waals surface area contributed by atoms with Gasteiger partial charge in [-0.1, -0.05) is 0 Å². The predicted molar refractivity (Wildman–Crippen MR) is 80.7 cm³/mol. The number of Topliss-reactive ketones (excluding diaryl/α,β-unsaturated/α-hetero) is 1. The Bertz CT molecular complexity index is 668. The van der Waals surface area contributed by atoms with Gasteiger partial charge in [-0.3, -0.25) is 9.79 Å². The van der Waals surface area contributed by atoms with Crippen LogP contribution in [0.15, 0.2) is 41.7 Å². The SMILES string of the molecule is O=C1CC(c2ccnnc2)=Nc2ccc(I)cc2C1. The number of hydrogen-bond acceptors (Lipinski definition) is 4. The van der Waals surface area contributed by atoms with Crippen LogP contribution in [0.3, 0.4) is 0 Å². The van der Waals surface area contributed by atoms with E-state index in [4.69, 9.17) is 0 Å². The number of benzene rings is 1. The lowest BCUT2D eigenvalue weighted by atomic mass is 10.0. The molecule has 0 saturated carbocycles. The molecule has 0 unspecified atom stereocenters. The van der Waals surface area contributed by atoms with Gasteiger partial charge in [-0.25, -0.2) is 0 Å². The third-order valence-corrected chi connectivity index (χ3v) is 3.64. The molecule has 0 atom stereocenters. The number of nitrogens with zero attached hydrogens (tertiary/aromatic N) is 3. The topological polar surface area (TPSA) is 55.2 Å². The summed E-state index contributed by atoms with van der Waals surface area (Å²) >= 11 is 2.24. The van der Waals surface area contributed by atoms with E-state index in [0.717, 1.165) is 26.1 Å². The summed E-state index contributed by atoms with van der Waals surface area (Å²) in [5.74, 6) is 0.177. The number of carbonyl (C=O) groups is 1. The average molecular weight is 363 g/mol. The van der Waals surface area contributed by atoms with Gasteiger partial charge in [0, 0.05) is 22.0 Å². The Morgan fingerprint density at radius 3 is 2.79 bits per heavy atom. The molecule has 1 aliphatic heterocycles. The minimum absolute atomic E-state index is 0.177. The molecule has 2 aromatic rings. The van der Waals surface area contributed by atoms with Crippen LogP contribution >= 0.6 is 22.6 Å². The first kappa shape index (κ1) is 12.4. The molecule has 94 valence electrons. The molecule has 0 aliphatic carbocycles. The molecule has 1 aromatic carbocycles. The molecule has 1 aromatic heterocycles. The first-order valence-corrected chi connectivity index (χ1v) is 6.95. The minimum Gasteiger partial charge on any atom is -0.299 e. The van der Waals surface area contributed by atoms with Crippen LogP contribution in [0.4, 0.5) is 5.69 Å². The Hall–Kier alpha value is -1.63. The summed E-state index contributed by atoms with van der Waals surface area (Å²) in [7, 11) is 0. The van der Waals surface area contributed by atoms with Crippen LogP contribution in [-0.2, 0) is 11.2 Å². The van der Waals surface area contributed by atoms with Crippen molar-refractivity contribution in [2.75, 3.05) is 0 Å². The van der Waals surface area contributed by atoms with E-state index in [9.17, 15) is 4.79 Å². The fraction of sp³-hybridized carbons (Fsp3) is 0.143. The average Bonchev–Trinajstić information content (AvgIpc) is 2.57. The molecular weight excluding hydrogens is 353 g/mol. The van der Waals surface area contributed by atoms with Crippen molar-refractivity contribution >= 4 is 39.8 Å². The van der Waals surface area contributed by atoms with E-state index in [0.29, 0.717) is 12.8 Å². The molecule has 4 nitrogen and oxygen atoms in total. The number of aliphatic imine (C=N–C) groups is 1. The van der Waals surface area contributed by atoms with Gasteiger partial charge in [-0.15, -0.1) is 0 Å². The van der Waals surface area contributed by atoms with Crippen molar-refractivity contribution in [1.29, 1.82) is 0 Å². The highest BCUT2D eigenvalue weighted by Gasteiger charge is 2.18. The van der Waals surface area contributed by atoms with Gasteiger partial charge >= 0.3 is 0 Å². The van der Waals surface area contributed by atoms with Crippen molar-refractivity contribution in [2.45, 2.75) is 12.8 Å². The molecule has 0 radical (unpaired) electrons. The van der Waals surface area contributed by atoms with Crippen LogP contribution in [0.5, 0.6) is 0 Å². The molecule has 0 bridgehead atoms. The van der Waals surface area contributed by atoms with Gasteiger partial charge in [0.1, 0.15) is 5.78 Å². The Morgan fingerprint density at radius 1 is 1.11 bits per heavy atom. The first-order valence-electron chi connectivity index (χ1n) is 5.87. The van der Waals surface area contributed by atoms with Crippen LogP contribution in [0.25, 0.3) is 0 Å². The van der Waals surface area contributed by atoms with Gasteiger partial charge in [0.25, 0.3) is 0 Å². The third-order valence-electron chi connectivity index (χ3n) is 2.97. The molecule has 3 rings (SSSR count). The Kier molecular flexibility index (Phi) is 3.37. The second kappa shape index (κ2) is 5.16. The van der Waals surface area contributed by atoms with Crippen molar-refractivity contribution in [3.8, 4) is 0 Å². The van der Waals surface area contributed by atoms with Crippen molar-refractivity contribution in [2.24, 2.45) is 4.99 Å². The second-order valence-electron chi connectivity index (χ2n) is 4.35. The van der Waals surface area contributed by atoms with Crippen molar-refractivity contribution in [3.05, 3.63) is 51.4 Å². The quantitative estimate of drug-likeness (QED) is 0.733. The highest BCUT2D eigenvalue weighted by molar-refractivity contribution is 14.1. The number of hydrogen-bond donors (Lipinski definition) is 0. The van der Waals surface area contributed by atoms with Gasteiger partial charge in [0.15, 0.2) is 0 Å². The van der Waals surface area contributed by atoms with Crippen molar-refractivity contribution < 1.29 is 4.79 Å². The number of halogens is 1. The summed E-state index contributed by atoms with van der Waals surface area (Å²) in [5.41, 5.74) is 3.49. The van der Waals surface area contributed by atoms with E-state index in [1.165, 1.54) is 0 Å². The summed E-state index contributed by atoms with van der Waals surface area (Å²) in [6, 6.07) is 7.81. The fourth-order valence-corrected chi connectivity index (χ4v) is 2.64. The number of aromatic nitrogens is 2. The van der Waals surface area contributed by atoms with E-state index in [-0.39, 0.29) is 5.78 Å². The van der Waals surface area contributed by atoms with Gasteiger partial charge in [0.2, 0.25) is 0 Å². The Morgan fingerprint density at radius 2 is 2.00 bits per heavy atom. The zero-order chi connectivity index (χ0) is 13.2. The summed E-state index contributed by atoms with van der Waals surface area (Å²) in [4.78, 5) is 16.6. The molecule has 2 heterocycles. The Labute approximate surface area is 124 Å². The molecule has 5 heteroatoms. The molecule has 19 heavy (non-hydrogen) atoms. The monoisotopic (exact) mass is 363 g/mol. The lowest BCUT2D eigenvalue weighted by molar-refractivity contribution is -0.117. The molecule has 1 aliphatic rings. The maximum absolute atomic E-state index is 12.0. The standard InChI is InChI=1S/C14H10IN3O/c15-11-1-2-13-10(5-11)6-12(19)7-14(18-13)9-3-4-16-17-8-9/h1-5,8H,6-7H2. The Balaban J connectivity index is 2.11. The zero-order valence-corrected chi connectivity index (χ0v) is 12.2. The summed E-state index contributed by atoms with van der Waals surface area (Å²) < 4.78 is 1.12. The summed E-state index contributed by atoms with van der Waals surface area (Å²) in [6.07, 6.45) is 4.04. The van der Waals surface area contributed by atoms with Crippen LogP contribution in [0.2, 0.25) is 0 Å². The lowest BCUT2D eigenvalue weighted by Gasteiger charge is -2.03. The number of rotatable bonds is 1. The molecule has 0 fully saturated rings. The first-order chi connectivity index (χ1) is 9.22. The molecule has 0 saturated heterocycles. The van der Waals surface area contributed by atoms with E-state index in [2.05, 4.69) is 37.8 Å². The minimum atomic E-state index is 0.177. The highest BCUT2D eigenvalue weighted by atomic mass is 127. The number of fused-ring (bicyclic) bond motifs is 1. The van der Waals surface area contributed by atoms with E-state index >= 15 is 0 Å². The van der Waals surface area contributed by atoms with Crippen LogP contribution in [0.1, 0.15) is 17.5 Å². The third kappa shape index (κ3) is 2.70. The number of carbonyl (C=O) groups excluding carboxylic acids is 1. The molecule has 0 amide bonds. The maximum atomic E-state index is 12.0. The van der Waals surface area contributed by atoms with Gasteiger partial charge in [-0.05, 0) is 52.4 Å². The zero-order valence-electron chi connectivity index (χ0n) is 10.0. The fourth-order valence-electron chi connectivity index (χ4n) is 2.08. The highest BCUT2D eigenvalue weighted by Crippen LogP contribution is 2.27. The lowest BCUT2D eigenvalue weighted by Crippen LogP contribution is -2.09. The smallest absolute Gasteiger partial charge is 0.143 e. The van der Waals surface area contributed by atoms with Gasteiger partial charge in [-0.2, -0.15) is 10.2 Å². The van der Waals surface area contributed by atoms with E-state index in [1.54, 1.807) is 12.4 Å². The normalized spacial score (nSPS) is 14.6. The van der Waals surface area contributed by atoms with Crippen molar-refractivity contribution in [1.82, 2.24) is 10.2 Å². The second-order valence-corrected chi connectivity index (χ2v) is 5.60. The molecular formula is C14H10IN3O. The van der Waals surface area contributed by atoms with Gasteiger partial charge in [0.05, 0.1) is 23.8 Å². The predicted octanol–water partition coefficient (Wildman–Crippen LogP) is 2.72. The molecule has 0 spiro atoms. The van der Waals surface area contributed by atoms with Crippen LogP contribution in [-0.4, -0.2) is 21.7 Å². The van der Waals surface area contributed by atoms with E-state index in [1.807, 2.05) is 24.3 Å². The summed E-state index contributed by atoms with van der Waals surface area (Å²) in [6.45, 7) is 0.